The molecule has 0 bridgehead atoms. The minimum atomic E-state index is -0.0374. The van der Waals surface area contributed by atoms with Crippen molar-refractivity contribution < 1.29 is 9.90 Å². The van der Waals surface area contributed by atoms with Crippen LogP contribution in [-0.4, -0.2) is 28.6 Å². The number of benzene rings is 1. The van der Waals surface area contributed by atoms with Crippen LogP contribution in [-0.2, 0) is 4.79 Å². The Kier molecular flexibility index (Phi) is 5.86. The van der Waals surface area contributed by atoms with Crippen molar-refractivity contribution in [2.45, 2.75) is 18.6 Å². The second-order valence-electron chi connectivity index (χ2n) is 3.80. The molecule has 0 spiro atoms. The normalized spacial score (nSPS) is 12.1. The first kappa shape index (κ1) is 13.9. The third-order valence-corrected chi connectivity index (χ3v) is 3.46. The molecule has 0 radical (unpaired) electrons. The predicted octanol–water partition coefficient (Wildman–Crippen LogP) is 1.71. The number of hydrogen-bond acceptors (Lipinski definition) is 4. The molecule has 0 heterocycles. The van der Waals surface area contributed by atoms with E-state index in [-0.39, 0.29) is 17.8 Å². The van der Waals surface area contributed by atoms with E-state index in [1.54, 1.807) is 24.3 Å². The highest BCUT2D eigenvalue weighted by molar-refractivity contribution is 8.00. The van der Waals surface area contributed by atoms with Crippen LogP contribution in [0.15, 0.2) is 24.3 Å². The minimum absolute atomic E-state index is 0.0374. The molecule has 0 saturated carbocycles. The molecule has 1 rings (SSSR count). The lowest BCUT2D eigenvalue weighted by atomic mass is 10.3. The summed E-state index contributed by atoms with van der Waals surface area (Å²) in [6.45, 7) is 2.16. The highest BCUT2D eigenvalue weighted by Gasteiger charge is 2.06. The summed E-state index contributed by atoms with van der Waals surface area (Å²) in [5.41, 5.74) is 6.97. The molecule has 0 aliphatic heterocycles. The Labute approximate surface area is 106 Å². The lowest BCUT2D eigenvalue weighted by Crippen LogP contribution is -2.16. The summed E-state index contributed by atoms with van der Waals surface area (Å²) >= 11 is 1.53. The number of amides is 1. The SMILES string of the molecule is CC(CCO)SCC(=O)Nc1ccc(N)cc1. The Morgan fingerprint density at radius 2 is 2.12 bits per heavy atom. The maximum absolute atomic E-state index is 11.6. The molecule has 1 amide bonds. The maximum Gasteiger partial charge on any atom is 0.234 e. The molecule has 5 heteroatoms. The Morgan fingerprint density at radius 1 is 1.47 bits per heavy atom. The summed E-state index contributed by atoms with van der Waals surface area (Å²) in [7, 11) is 0. The van der Waals surface area contributed by atoms with Gasteiger partial charge in [-0.15, -0.1) is 11.8 Å². The van der Waals surface area contributed by atoms with Gasteiger partial charge in [-0.3, -0.25) is 4.79 Å². The van der Waals surface area contributed by atoms with Gasteiger partial charge in [0.25, 0.3) is 0 Å². The van der Waals surface area contributed by atoms with Crippen LogP contribution in [0.1, 0.15) is 13.3 Å². The van der Waals surface area contributed by atoms with Gasteiger partial charge < -0.3 is 16.2 Å². The largest absolute Gasteiger partial charge is 0.399 e. The monoisotopic (exact) mass is 254 g/mol. The van der Waals surface area contributed by atoms with Crippen LogP contribution >= 0.6 is 11.8 Å². The number of aliphatic hydroxyl groups excluding tert-OH is 1. The molecule has 4 nitrogen and oxygen atoms in total. The number of rotatable bonds is 6. The Hall–Kier alpha value is -1.20. The highest BCUT2D eigenvalue weighted by atomic mass is 32.2. The smallest absolute Gasteiger partial charge is 0.234 e. The molecule has 1 aromatic rings. The highest BCUT2D eigenvalue weighted by Crippen LogP contribution is 2.15. The van der Waals surface area contributed by atoms with Gasteiger partial charge in [0.05, 0.1) is 5.75 Å². The quantitative estimate of drug-likeness (QED) is 0.676. The second kappa shape index (κ2) is 7.19. The Bertz CT molecular complexity index is 354. The van der Waals surface area contributed by atoms with E-state index in [2.05, 4.69) is 5.32 Å². The van der Waals surface area contributed by atoms with Crippen molar-refractivity contribution in [3.05, 3.63) is 24.3 Å². The van der Waals surface area contributed by atoms with Crippen molar-refractivity contribution in [1.29, 1.82) is 0 Å². The van der Waals surface area contributed by atoms with Gasteiger partial charge in [-0.2, -0.15) is 0 Å². The van der Waals surface area contributed by atoms with Gasteiger partial charge in [0.15, 0.2) is 0 Å². The molecule has 0 aliphatic rings. The minimum Gasteiger partial charge on any atom is -0.399 e. The van der Waals surface area contributed by atoms with E-state index in [1.807, 2.05) is 6.92 Å². The van der Waals surface area contributed by atoms with Gasteiger partial charge in [0.2, 0.25) is 5.91 Å². The van der Waals surface area contributed by atoms with Gasteiger partial charge in [-0.1, -0.05) is 6.92 Å². The molecule has 0 aliphatic carbocycles. The van der Waals surface area contributed by atoms with Gasteiger partial charge in [0.1, 0.15) is 0 Å². The number of carbonyl (C=O) groups excluding carboxylic acids is 1. The number of thioether (sulfide) groups is 1. The predicted molar refractivity (Wildman–Crippen MR) is 73.1 cm³/mol. The van der Waals surface area contributed by atoms with E-state index < -0.39 is 0 Å². The standard InChI is InChI=1S/C12H18N2O2S/c1-9(6-7-15)17-8-12(16)14-11-4-2-10(13)3-5-11/h2-5,9,15H,6-8,13H2,1H3,(H,14,16). The fraction of sp³-hybridized carbons (Fsp3) is 0.417. The summed E-state index contributed by atoms with van der Waals surface area (Å²) < 4.78 is 0. The number of nitrogens with one attached hydrogen (secondary N) is 1. The molecular formula is C12H18N2O2S. The summed E-state index contributed by atoms with van der Waals surface area (Å²) in [4.78, 5) is 11.6. The lowest BCUT2D eigenvalue weighted by Gasteiger charge is -2.09. The van der Waals surface area contributed by atoms with Crippen LogP contribution in [0.5, 0.6) is 0 Å². The van der Waals surface area contributed by atoms with E-state index in [4.69, 9.17) is 10.8 Å². The number of carbonyl (C=O) groups is 1. The van der Waals surface area contributed by atoms with Crippen molar-refractivity contribution in [3.8, 4) is 0 Å². The van der Waals surface area contributed by atoms with Crippen molar-refractivity contribution in [1.82, 2.24) is 0 Å². The van der Waals surface area contributed by atoms with Gasteiger partial charge in [-0.25, -0.2) is 0 Å². The first-order valence-corrected chi connectivity index (χ1v) is 6.54. The first-order valence-electron chi connectivity index (χ1n) is 5.49. The average molecular weight is 254 g/mol. The van der Waals surface area contributed by atoms with Crippen LogP contribution in [0.2, 0.25) is 0 Å². The molecule has 0 aromatic heterocycles. The van der Waals surface area contributed by atoms with Crippen LogP contribution < -0.4 is 11.1 Å². The third-order valence-electron chi connectivity index (χ3n) is 2.23. The van der Waals surface area contributed by atoms with Gasteiger partial charge in [0, 0.05) is 23.2 Å². The fourth-order valence-corrected chi connectivity index (χ4v) is 2.03. The van der Waals surface area contributed by atoms with Crippen LogP contribution in [0.3, 0.4) is 0 Å². The number of anilines is 2. The van der Waals surface area contributed by atoms with Crippen LogP contribution in [0.4, 0.5) is 11.4 Å². The third kappa shape index (κ3) is 5.60. The van der Waals surface area contributed by atoms with Crippen molar-refractivity contribution in [2.24, 2.45) is 0 Å². The van der Waals surface area contributed by atoms with Crippen molar-refractivity contribution in [2.75, 3.05) is 23.4 Å². The fourth-order valence-electron chi connectivity index (χ4n) is 1.25. The van der Waals surface area contributed by atoms with Crippen molar-refractivity contribution in [3.63, 3.8) is 0 Å². The second-order valence-corrected chi connectivity index (χ2v) is 5.23. The first-order chi connectivity index (χ1) is 8.11. The molecular weight excluding hydrogens is 236 g/mol. The molecule has 1 atom stereocenters. The molecule has 0 saturated heterocycles. The number of nitrogens with two attached hydrogens (primary N) is 1. The molecule has 0 fully saturated rings. The van der Waals surface area contributed by atoms with E-state index in [0.29, 0.717) is 17.9 Å². The molecule has 1 unspecified atom stereocenters. The zero-order chi connectivity index (χ0) is 12.7. The van der Waals surface area contributed by atoms with Crippen LogP contribution in [0, 0.1) is 0 Å². The van der Waals surface area contributed by atoms with E-state index in [0.717, 1.165) is 5.69 Å². The Morgan fingerprint density at radius 3 is 2.71 bits per heavy atom. The zero-order valence-corrected chi connectivity index (χ0v) is 10.7. The van der Waals surface area contributed by atoms with E-state index >= 15 is 0 Å². The number of hydrogen-bond donors (Lipinski definition) is 3. The topological polar surface area (TPSA) is 75.3 Å². The molecule has 1 aromatic carbocycles. The molecule has 17 heavy (non-hydrogen) atoms. The van der Waals surface area contributed by atoms with Crippen molar-refractivity contribution >= 4 is 29.0 Å². The summed E-state index contributed by atoms with van der Waals surface area (Å²) in [6, 6.07) is 7.04. The molecule has 4 N–H and O–H groups in total. The van der Waals surface area contributed by atoms with Crippen LogP contribution in [0.25, 0.3) is 0 Å². The number of nitrogen functional groups attached to an aromatic ring is 1. The van der Waals surface area contributed by atoms with Gasteiger partial charge >= 0.3 is 0 Å². The Balaban J connectivity index is 2.32. The summed E-state index contributed by atoms with van der Waals surface area (Å²) in [5.74, 6) is 0.357. The summed E-state index contributed by atoms with van der Waals surface area (Å²) in [5, 5.41) is 11.8. The number of aliphatic hydroxyl groups is 1. The summed E-state index contributed by atoms with van der Waals surface area (Å²) in [6.07, 6.45) is 0.708. The molecule has 94 valence electrons. The zero-order valence-electron chi connectivity index (χ0n) is 9.85. The average Bonchev–Trinajstić information content (AvgIpc) is 2.30. The van der Waals surface area contributed by atoms with E-state index in [1.165, 1.54) is 11.8 Å². The van der Waals surface area contributed by atoms with E-state index in [9.17, 15) is 4.79 Å². The maximum atomic E-state index is 11.6. The van der Waals surface area contributed by atoms with Gasteiger partial charge in [-0.05, 0) is 30.7 Å². The lowest BCUT2D eigenvalue weighted by molar-refractivity contribution is -0.113.